The number of benzene rings is 1. The molecule has 18 heavy (non-hydrogen) atoms. The van der Waals surface area contributed by atoms with Gasteiger partial charge >= 0.3 is 0 Å². The topological polar surface area (TPSA) is 12.5 Å². The first-order valence-electron chi connectivity index (χ1n) is 6.71. The molecule has 1 aromatic carbocycles. The molecule has 2 nitrogen and oxygen atoms in total. The molecule has 0 heterocycles. The first-order valence-corrected chi connectivity index (χ1v) is 7.69. The number of hydrogen-bond acceptors (Lipinski definition) is 2. The summed E-state index contributed by atoms with van der Waals surface area (Å²) in [5.74, 6) is 0.480. The minimum atomic E-state index is 0.480. The van der Waals surface area contributed by atoms with E-state index in [1.54, 1.807) is 0 Å². The van der Waals surface area contributed by atoms with Crippen molar-refractivity contribution < 1.29 is 4.52 Å². The summed E-state index contributed by atoms with van der Waals surface area (Å²) in [6, 6.07) is 11.5. The van der Waals surface area contributed by atoms with Crippen LogP contribution in [-0.4, -0.2) is 22.8 Å². The molecule has 1 aromatic rings. The molecule has 0 saturated carbocycles. The van der Waals surface area contributed by atoms with Gasteiger partial charge < -0.3 is 4.52 Å². The molecule has 0 bridgehead atoms. The van der Waals surface area contributed by atoms with Gasteiger partial charge in [0, 0.05) is 26.7 Å². The molecule has 0 radical (unpaired) electrons. The van der Waals surface area contributed by atoms with Gasteiger partial charge in [0.2, 0.25) is 0 Å². The van der Waals surface area contributed by atoms with Crippen molar-refractivity contribution in [2.24, 2.45) is 0 Å². The third-order valence-electron chi connectivity index (χ3n) is 2.98. The van der Waals surface area contributed by atoms with Crippen LogP contribution >= 0.6 is 8.81 Å². The van der Waals surface area contributed by atoms with Gasteiger partial charge in [-0.25, -0.2) is 0 Å². The summed E-state index contributed by atoms with van der Waals surface area (Å²) in [6.45, 7) is 12.0. The Morgan fingerprint density at radius 2 is 1.56 bits per heavy atom. The van der Waals surface area contributed by atoms with E-state index in [1.165, 1.54) is 5.56 Å². The lowest BCUT2D eigenvalue weighted by atomic mass is 10.2. The van der Waals surface area contributed by atoms with Crippen LogP contribution in [0.1, 0.15) is 40.2 Å². The smallest absolute Gasteiger partial charge is 0.0757 e. The van der Waals surface area contributed by atoms with Crippen LogP contribution in [0.5, 0.6) is 0 Å². The molecular weight excluding hydrogens is 241 g/mol. The number of hydrogen-bond donors (Lipinski definition) is 0. The van der Waals surface area contributed by atoms with Crippen molar-refractivity contribution in [2.75, 3.05) is 0 Å². The van der Waals surface area contributed by atoms with Crippen molar-refractivity contribution in [1.29, 1.82) is 0 Å². The van der Waals surface area contributed by atoms with Crippen molar-refractivity contribution >= 4 is 8.81 Å². The van der Waals surface area contributed by atoms with E-state index >= 15 is 0 Å². The minimum absolute atomic E-state index is 0.480. The van der Waals surface area contributed by atoms with Gasteiger partial charge in [-0.3, -0.25) is 4.90 Å². The minimum Gasteiger partial charge on any atom is -0.356 e. The molecule has 0 aliphatic carbocycles. The monoisotopic (exact) mass is 267 g/mol. The summed E-state index contributed by atoms with van der Waals surface area (Å²) < 4.78 is 5.85. The van der Waals surface area contributed by atoms with Crippen molar-refractivity contribution in [3.63, 3.8) is 0 Å². The Kier molecular flexibility index (Phi) is 6.85. The summed E-state index contributed by atoms with van der Waals surface area (Å²) >= 11 is 0. The molecule has 2 atom stereocenters. The fourth-order valence-electron chi connectivity index (χ4n) is 2.37. The molecule has 0 aliphatic heterocycles. The van der Waals surface area contributed by atoms with E-state index in [0.717, 1.165) is 0 Å². The Morgan fingerprint density at radius 3 is 2.06 bits per heavy atom. The van der Waals surface area contributed by atoms with E-state index < -0.39 is 0 Å². The van der Waals surface area contributed by atoms with Gasteiger partial charge in [-0.05, 0) is 40.2 Å². The Morgan fingerprint density at radius 1 is 1.00 bits per heavy atom. The van der Waals surface area contributed by atoms with E-state index in [-0.39, 0.29) is 0 Å². The van der Waals surface area contributed by atoms with Gasteiger partial charge in [-0.1, -0.05) is 30.3 Å². The highest BCUT2D eigenvalue weighted by Crippen LogP contribution is 2.28. The van der Waals surface area contributed by atoms with Crippen LogP contribution in [0.15, 0.2) is 30.3 Å². The van der Waals surface area contributed by atoms with Crippen molar-refractivity contribution in [3.05, 3.63) is 35.9 Å². The molecule has 0 amide bonds. The maximum absolute atomic E-state index is 5.85. The van der Waals surface area contributed by atoms with Crippen LogP contribution in [0.2, 0.25) is 0 Å². The summed E-state index contributed by atoms with van der Waals surface area (Å²) in [5.41, 5.74) is 1.25. The van der Waals surface area contributed by atoms with Crippen LogP contribution < -0.4 is 0 Å². The summed E-state index contributed by atoms with van der Waals surface area (Å²) in [4.78, 5) is 2.50. The average molecular weight is 267 g/mol. The zero-order chi connectivity index (χ0) is 13.5. The van der Waals surface area contributed by atoms with E-state index in [1.807, 2.05) is 6.07 Å². The molecule has 0 N–H and O–H groups in total. The first-order chi connectivity index (χ1) is 8.52. The SMILES string of the molecule is CC(C)N(C(C)C)C(C)POCc1ccccc1. The molecule has 0 saturated heterocycles. The summed E-state index contributed by atoms with van der Waals surface area (Å²) in [6.07, 6.45) is 0. The zero-order valence-corrected chi connectivity index (χ0v) is 13.2. The van der Waals surface area contributed by atoms with E-state index in [2.05, 4.69) is 63.8 Å². The third kappa shape index (κ3) is 5.06. The maximum Gasteiger partial charge on any atom is 0.0757 e. The average Bonchev–Trinajstić information content (AvgIpc) is 2.29. The Balaban J connectivity index is 2.38. The predicted molar refractivity (Wildman–Crippen MR) is 81.1 cm³/mol. The van der Waals surface area contributed by atoms with Crippen molar-refractivity contribution in [3.8, 4) is 0 Å². The largest absolute Gasteiger partial charge is 0.356 e. The highest BCUT2D eigenvalue weighted by Gasteiger charge is 2.20. The van der Waals surface area contributed by atoms with Crippen molar-refractivity contribution in [2.45, 2.75) is 59.1 Å². The van der Waals surface area contributed by atoms with Crippen LogP contribution in [0.25, 0.3) is 0 Å². The first kappa shape index (κ1) is 15.6. The van der Waals surface area contributed by atoms with Crippen LogP contribution in [-0.2, 0) is 11.1 Å². The van der Waals surface area contributed by atoms with Gasteiger partial charge in [-0.15, -0.1) is 0 Å². The molecule has 0 spiro atoms. The van der Waals surface area contributed by atoms with Crippen molar-refractivity contribution in [1.82, 2.24) is 4.90 Å². The Labute approximate surface area is 114 Å². The van der Waals surface area contributed by atoms with E-state index in [4.69, 9.17) is 4.52 Å². The third-order valence-corrected chi connectivity index (χ3v) is 3.93. The van der Waals surface area contributed by atoms with Crippen LogP contribution in [0, 0.1) is 0 Å². The molecular formula is C15H26NOP. The lowest BCUT2D eigenvalue weighted by Gasteiger charge is -2.35. The molecule has 102 valence electrons. The Hall–Kier alpha value is -0.430. The van der Waals surface area contributed by atoms with Crippen LogP contribution in [0.3, 0.4) is 0 Å². The lowest BCUT2D eigenvalue weighted by molar-refractivity contribution is 0.158. The second kappa shape index (κ2) is 7.89. The summed E-state index contributed by atoms with van der Waals surface area (Å²) in [7, 11) is 0.523. The van der Waals surface area contributed by atoms with Crippen LogP contribution in [0.4, 0.5) is 0 Å². The van der Waals surface area contributed by atoms with Gasteiger partial charge in [0.1, 0.15) is 0 Å². The maximum atomic E-state index is 5.85. The zero-order valence-electron chi connectivity index (χ0n) is 12.2. The fraction of sp³-hybridized carbons (Fsp3) is 0.600. The number of nitrogens with zero attached hydrogens (tertiary/aromatic N) is 1. The second-order valence-electron chi connectivity index (χ2n) is 5.20. The van der Waals surface area contributed by atoms with E-state index in [9.17, 15) is 0 Å². The molecule has 2 unspecified atom stereocenters. The normalized spacial score (nSPS) is 14.2. The standard InChI is InChI=1S/C15H26NOP/c1-12(2)16(13(3)4)14(5)18-17-11-15-9-7-6-8-10-15/h6-10,12-14,18H,11H2,1-5H3. The molecule has 0 aromatic heterocycles. The quantitative estimate of drug-likeness (QED) is 0.684. The molecule has 0 aliphatic rings. The van der Waals surface area contributed by atoms with Gasteiger partial charge in [0.05, 0.1) is 6.61 Å². The Bertz CT molecular complexity index is 319. The van der Waals surface area contributed by atoms with Gasteiger partial charge in [-0.2, -0.15) is 0 Å². The molecule has 3 heteroatoms. The van der Waals surface area contributed by atoms with Gasteiger partial charge in [0.15, 0.2) is 0 Å². The highest BCUT2D eigenvalue weighted by molar-refractivity contribution is 7.33. The second-order valence-corrected chi connectivity index (χ2v) is 6.56. The fourth-order valence-corrected chi connectivity index (χ4v) is 3.58. The number of rotatable bonds is 7. The molecule has 1 rings (SSSR count). The summed E-state index contributed by atoms with van der Waals surface area (Å²) in [5, 5.41) is 0. The lowest BCUT2D eigenvalue weighted by Crippen LogP contribution is -2.41. The van der Waals surface area contributed by atoms with Gasteiger partial charge in [0.25, 0.3) is 0 Å². The van der Waals surface area contributed by atoms with E-state index in [0.29, 0.717) is 33.3 Å². The predicted octanol–water partition coefficient (Wildman–Crippen LogP) is 4.26. The molecule has 0 fully saturated rings. The highest BCUT2D eigenvalue weighted by atomic mass is 31.1.